The smallest absolute Gasteiger partial charge is 0.159 e. The Morgan fingerprint density at radius 2 is 1.65 bits per heavy atom. The topological polar surface area (TPSA) is 85.1 Å². The molecular formula is C17H25N5O. The van der Waals surface area contributed by atoms with Crippen molar-refractivity contribution in [1.29, 1.82) is 0 Å². The number of aromatic nitrogens is 2. The molecule has 0 saturated heterocycles. The van der Waals surface area contributed by atoms with Gasteiger partial charge in [0.25, 0.3) is 0 Å². The number of aryl methyl sites for hydroxylation is 4. The molecule has 0 amide bonds. The Morgan fingerprint density at radius 1 is 1.04 bits per heavy atom. The molecule has 0 radical (unpaired) electrons. The summed E-state index contributed by atoms with van der Waals surface area (Å²) in [5.74, 6) is 1.90. The molecule has 0 bridgehead atoms. The number of nitrogens with one attached hydrogen (secondary N) is 2. The number of anilines is 4. The zero-order chi connectivity index (χ0) is 17.0. The van der Waals surface area contributed by atoms with E-state index < -0.39 is 0 Å². The molecule has 2 aromatic rings. The second-order valence-electron chi connectivity index (χ2n) is 5.70. The van der Waals surface area contributed by atoms with Crippen LogP contribution in [0.1, 0.15) is 22.5 Å². The molecule has 2 rings (SSSR count). The first kappa shape index (κ1) is 17.0. The van der Waals surface area contributed by atoms with E-state index in [9.17, 15) is 0 Å². The number of nitrogen functional groups attached to an aromatic ring is 1. The number of methoxy groups -OCH3 is 1. The van der Waals surface area contributed by atoms with E-state index in [4.69, 9.17) is 10.5 Å². The predicted octanol–water partition coefficient (Wildman–Crippen LogP) is 3.09. The molecule has 23 heavy (non-hydrogen) atoms. The molecule has 1 aromatic heterocycles. The molecule has 0 aliphatic rings. The van der Waals surface area contributed by atoms with E-state index in [0.29, 0.717) is 36.3 Å². The summed E-state index contributed by atoms with van der Waals surface area (Å²) < 4.78 is 5.04. The highest BCUT2D eigenvalue weighted by Gasteiger charge is 2.12. The molecule has 0 unspecified atom stereocenters. The summed E-state index contributed by atoms with van der Waals surface area (Å²) in [6.07, 6.45) is 0. The number of ether oxygens (including phenoxy) is 1. The quantitative estimate of drug-likeness (QED) is 0.710. The molecule has 1 heterocycles. The molecule has 124 valence electrons. The zero-order valence-corrected chi connectivity index (χ0v) is 14.4. The first-order chi connectivity index (χ1) is 10.9. The van der Waals surface area contributed by atoms with Gasteiger partial charge in [-0.2, -0.15) is 0 Å². The van der Waals surface area contributed by atoms with Crippen LogP contribution in [0, 0.1) is 27.7 Å². The lowest BCUT2D eigenvalue weighted by Gasteiger charge is -2.17. The van der Waals surface area contributed by atoms with Crippen LogP contribution in [0.15, 0.2) is 12.1 Å². The second-order valence-corrected chi connectivity index (χ2v) is 5.70. The van der Waals surface area contributed by atoms with Crippen LogP contribution >= 0.6 is 0 Å². The van der Waals surface area contributed by atoms with Crippen LogP contribution in [0.5, 0.6) is 0 Å². The van der Waals surface area contributed by atoms with E-state index in [-0.39, 0.29) is 0 Å². The van der Waals surface area contributed by atoms with E-state index in [2.05, 4.69) is 53.5 Å². The average Bonchev–Trinajstić information content (AvgIpc) is 2.47. The fourth-order valence-corrected chi connectivity index (χ4v) is 2.58. The van der Waals surface area contributed by atoms with Crippen molar-refractivity contribution >= 4 is 23.0 Å². The van der Waals surface area contributed by atoms with Gasteiger partial charge in [0, 0.05) is 19.3 Å². The Bertz CT molecular complexity index is 677. The van der Waals surface area contributed by atoms with Crippen LogP contribution in [0.4, 0.5) is 23.0 Å². The van der Waals surface area contributed by atoms with E-state index in [1.807, 2.05) is 6.92 Å². The van der Waals surface area contributed by atoms with E-state index in [1.165, 1.54) is 5.56 Å². The van der Waals surface area contributed by atoms with Gasteiger partial charge in [0.1, 0.15) is 11.5 Å². The molecule has 0 saturated carbocycles. The maximum Gasteiger partial charge on any atom is 0.159 e. The first-order valence-corrected chi connectivity index (χ1v) is 7.64. The third-order valence-electron chi connectivity index (χ3n) is 3.58. The zero-order valence-electron chi connectivity index (χ0n) is 14.4. The minimum Gasteiger partial charge on any atom is -0.393 e. The van der Waals surface area contributed by atoms with Crippen molar-refractivity contribution in [3.05, 3.63) is 34.6 Å². The lowest BCUT2D eigenvalue weighted by Crippen LogP contribution is -2.13. The minimum atomic E-state index is 0.506. The summed E-state index contributed by atoms with van der Waals surface area (Å²) in [6.45, 7) is 9.31. The lowest BCUT2D eigenvalue weighted by molar-refractivity contribution is 0.210. The van der Waals surface area contributed by atoms with Gasteiger partial charge in [-0.25, -0.2) is 9.97 Å². The maximum absolute atomic E-state index is 6.22. The van der Waals surface area contributed by atoms with Gasteiger partial charge < -0.3 is 21.1 Å². The Balaban J connectivity index is 2.33. The SMILES string of the molecule is COCCNc1nc(C)nc(Nc2c(C)cc(C)cc2C)c1N. The van der Waals surface area contributed by atoms with Gasteiger partial charge in [-0.05, 0) is 38.8 Å². The maximum atomic E-state index is 6.22. The average molecular weight is 315 g/mol. The third-order valence-corrected chi connectivity index (χ3v) is 3.58. The monoisotopic (exact) mass is 315 g/mol. The Hall–Kier alpha value is -2.34. The summed E-state index contributed by atoms with van der Waals surface area (Å²) in [4.78, 5) is 8.81. The van der Waals surface area contributed by atoms with Gasteiger partial charge in [0.05, 0.1) is 6.61 Å². The van der Waals surface area contributed by atoms with E-state index in [1.54, 1.807) is 7.11 Å². The van der Waals surface area contributed by atoms with Gasteiger partial charge in [0.15, 0.2) is 11.6 Å². The fourth-order valence-electron chi connectivity index (χ4n) is 2.58. The van der Waals surface area contributed by atoms with Crippen molar-refractivity contribution in [2.24, 2.45) is 0 Å². The molecule has 0 atom stereocenters. The highest BCUT2D eigenvalue weighted by molar-refractivity contribution is 5.79. The second kappa shape index (κ2) is 7.28. The van der Waals surface area contributed by atoms with Crippen LogP contribution in [-0.4, -0.2) is 30.2 Å². The molecule has 1 aromatic carbocycles. The van der Waals surface area contributed by atoms with Crippen molar-refractivity contribution in [3.63, 3.8) is 0 Å². The predicted molar refractivity (Wildman–Crippen MR) is 95.5 cm³/mol. The number of hydrogen-bond donors (Lipinski definition) is 3. The lowest BCUT2D eigenvalue weighted by atomic mass is 10.1. The molecule has 6 heteroatoms. The van der Waals surface area contributed by atoms with E-state index in [0.717, 1.165) is 16.8 Å². The van der Waals surface area contributed by atoms with Crippen LogP contribution < -0.4 is 16.4 Å². The van der Waals surface area contributed by atoms with Gasteiger partial charge in [-0.15, -0.1) is 0 Å². The van der Waals surface area contributed by atoms with E-state index >= 15 is 0 Å². The third kappa shape index (κ3) is 4.10. The summed E-state index contributed by atoms with van der Waals surface area (Å²) in [7, 11) is 1.66. The normalized spacial score (nSPS) is 10.7. The Labute approximate surface area is 137 Å². The van der Waals surface area contributed by atoms with Gasteiger partial charge in [0.2, 0.25) is 0 Å². The molecule has 0 aliphatic heterocycles. The van der Waals surface area contributed by atoms with Gasteiger partial charge in [-0.3, -0.25) is 0 Å². The van der Waals surface area contributed by atoms with Crippen molar-refractivity contribution < 1.29 is 4.74 Å². The van der Waals surface area contributed by atoms with Crippen LogP contribution in [0.25, 0.3) is 0 Å². The Morgan fingerprint density at radius 3 is 2.26 bits per heavy atom. The standard InChI is InChI=1S/C17H25N5O/c1-10-8-11(2)15(12(3)9-10)22-17-14(18)16(19-6-7-23-5)20-13(4)21-17/h8-9H,6-7,18H2,1-5H3,(H2,19,20,21,22). The molecule has 6 nitrogen and oxygen atoms in total. The van der Waals surface area contributed by atoms with Crippen LogP contribution in [-0.2, 0) is 4.74 Å². The van der Waals surface area contributed by atoms with Crippen molar-refractivity contribution in [3.8, 4) is 0 Å². The summed E-state index contributed by atoms with van der Waals surface area (Å²) >= 11 is 0. The number of rotatable bonds is 6. The van der Waals surface area contributed by atoms with Gasteiger partial charge in [-0.1, -0.05) is 17.7 Å². The fraction of sp³-hybridized carbons (Fsp3) is 0.412. The molecule has 0 fully saturated rings. The van der Waals surface area contributed by atoms with Crippen molar-refractivity contribution in [2.45, 2.75) is 27.7 Å². The highest BCUT2D eigenvalue weighted by atomic mass is 16.5. The summed E-state index contributed by atoms with van der Waals surface area (Å²) in [5, 5.41) is 6.54. The van der Waals surface area contributed by atoms with Crippen LogP contribution in [0.2, 0.25) is 0 Å². The highest BCUT2D eigenvalue weighted by Crippen LogP contribution is 2.30. The van der Waals surface area contributed by atoms with Gasteiger partial charge >= 0.3 is 0 Å². The largest absolute Gasteiger partial charge is 0.393 e. The van der Waals surface area contributed by atoms with Crippen molar-refractivity contribution in [1.82, 2.24) is 9.97 Å². The molecular weight excluding hydrogens is 290 g/mol. The molecule has 4 N–H and O–H groups in total. The van der Waals surface area contributed by atoms with Crippen LogP contribution in [0.3, 0.4) is 0 Å². The number of nitrogens with zero attached hydrogens (tertiary/aromatic N) is 2. The Kier molecular flexibility index (Phi) is 5.39. The number of nitrogens with two attached hydrogens (primary N) is 1. The number of benzene rings is 1. The number of hydrogen-bond acceptors (Lipinski definition) is 6. The minimum absolute atomic E-state index is 0.506. The molecule has 0 aliphatic carbocycles. The van der Waals surface area contributed by atoms with Crippen molar-refractivity contribution in [2.75, 3.05) is 36.6 Å². The summed E-state index contributed by atoms with van der Waals surface area (Å²) in [6, 6.07) is 4.27. The molecule has 0 spiro atoms. The summed E-state index contributed by atoms with van der Waals surface area (Å²) in [5.41, 5.74) is 11.3. The first-order valence-electron chi connectivity index (χ1n) is 7.64.